The second-order valence-electron chi connectivity index (χ2n) is 14.0. The third-order valence-corrected chi connectivity index (χ3v) is 9.57. The molecular weight excluding hydrogens is 491 g/mol. The molecule has 0 aliphatic carbocycles. The molecule has 1 amide bonds. The Labute approximate surface area is 241 Å². The van der Waals surface area contributed by atoms with Gasteiger partial charge >= 0.3 is 0 Å². The van der Waals surface area contributed by atoms with Crippen LogP contribution in [0, 0.1) is 5.82 Å². The Kier molecular flexibility index (Phi) is 8.16. The maximum absolute atomic E-state index is 17.6. The molecule has 3 rings (SSSR count). The number of alkyl halides is 1. The van der Waals surface area contributed by atoms with Crippen LogP contribution in [0.15, 0.2) is 36.5 Å². The van der Waals surface area contributed by atoms with Crippen LogP contribution in [0.5, 0.6) is 0 Å². The van der Waals surface area contributed by atoms with E-state index in [0.29, 0.717) is 0 Å². The number of rotatable bonds is 6. The number of pyridine rings is 1. The lowest BCUT2D eigenvalue weighted by Gasteiger charge is -2.67. The number of piperidine rings is 1. The quantitative estimate of drug-likeness (QED) is 0.383. The number of carbonyl (C=O) groups excluding carboxylic acids is 1. The number of halogens is 3. The van der Waals surface area contributed by atoms with Gasteiger partial charge in [-0.25, -0.2) is 8.78 Å². The molecule has 0 bridgehead atoms. The topological polar surface area (TPSA) is 45.2 Å². The Hall–Kier alpha value is -1.34. The van der Waals surface area contributed by atoms with Crippen molar-refractivity contribution in [1.29, 1.82) is 0 Å². The van der Waals surface area contributed by atoms with Crippen LogP contribution < -0.4 is 5.32 Å². The lowest BCUT2D eigenvalue weighted by Crippen LogP contribution is -2.77. The summed E-state index contributed by atoms with van der Waals surface area (Å²) in [7, 11) is 21.8. The molecule has 1 aliphatic rings. The summed E-state index contributed by atoms with van der Waals surface area (Å²) in [4.78, 5) is 20.1. The summed E-state index contributed by atoms with van der Waals surface area (Å²) in [5, 5.41) is 0.0508. The van der Waals surface area contributed by atoms with Crippen molar-refractivity contribution in [1.82, 2.24) is 15.2 Å². The maximum Gasteiger partial charge on any atom is 0.252 e. The van der Waals surface area contributed by atoms with E-state index in [1.54, 1.807) is 4.90 Å². The number of nitrogens with zero attached hydrogens (tertiary/aromatic N) is 2. The number of amides is 1. The first-order valence-corrected chi connectivity index (χ1v) is 13.6. The van der Waals surface area contributed by atoms with Gasteiger partial charge < -0.3 is 10.2 Å². The first-order chi connectivity index (χ1) is 17.1. The standard InChI is InChI=1S/C20H33B11ClF2N3O/c21-16(22)8-37(14(38)9-1-3-12(33)11(32)5-9)20(30,31)19(28,29)15(16,34)7-36-18(26,27)13-4-2-10(6-35-13)17(23,24)25/h1-6,36H,7-8,21-31H2. The fourth-order valence-corrected chi connectivity index (χ4v) is 5.78. The van der Waals surface area contributed by atoms with E-state index in [4.69, 9.17) is 16.6 Å². The van der Waals surface area contributed by atoms with Crippen LogP contribution in [0.25, 0.3) is 0 Å². The van der Waals surface area contributed by atoms with Gasteiger partial charge in [0, 0.05) is 30.5 Å². The highest BCUT2D eigenvalue weighted by molar-refractivity contribution is 6.59. The van der Waals surface area contributed by atoms with Crippen LogP contribution in [0.2, 0.25) is 15.5 Å². The molecule has 1 atom stereocenters. The smallest absolute Gasteiger partial charge is 0.252 e. The van der Waals surface area contributed by atoms with Crippen LogP contribution in [-0.4, -0.2) is 126 Å². The molecule has 1 fully saturated rings. The van der Waals surface area contributed by atoms with Crippen molar-refractivity contribution in [2.75, 3.05) is 13.1 Å². The molecule has 1 aliphatic heterocycles. The lowest BCUT2D eigenvalue weighted by molar-refractivity contribution is 0.00275. The van der Waals surface area contributed by atoms with Crippen molar-refractivity contribution in [3.63, 3.8) is 0 Å². The summed E-state index contributed by atoms with van der Waals surface area (Å²) in [5.74, 6) is -0.877. The summed E-state index contributed by atoms with van der Waals surface area (Å²) in [6, 6.07) is 8.05. The number of carbonyl (C=O) groups is 1. The molecule has 1 N–H and O–H groups in total. The van der Waals surface area contributed by atoms with E-state index in [9.17, 15) is 9.18 Å². The highest BCUT2D eigenvalue weighted by Crippen LogP contribution is 2.59. The Bertz CT molecular complexity index is 1230. The van der Waals surface area contributed by atoms with E-state index in [2.05, 4.69) is 34.9 Å². The number of aromatic nitrogens is 1. The van der Waals surface area contributed by atoms with Crippen LogP contribution in [0.4, 0.5) is 8.78 Å². The van der Waals surface area contributed by atoms with Crippen LogP contribution >= 0.6 is 11.6 Å². The van der Waals surface area contributed by atoms with Crippen molar-refractivity contribution < 1.29 is 13.6 Å². The van der Waals surface area contributed by atoms with Gasteiger partial charge in [-0.15, -0.1) is 0 Å². The Morgan fingerprint density at radius 2 is 1.66 bits per heavy atom. The largest absolute Gasteiger partial charge is 0.350 e. The minimum Gasteiger partial charge on any atom is -0.350 e. The third-order valence-electron chi connectivity index (χ3n) is 9.28. The van der Waals surface area contributed by atoms with Crippen LogP contribution in [0.1, 0.15) is 21.6 Å². The maximum atomic E-state index is 17.6. The van der Waals surface area contributed by atoms with Crippen molar-refractivity contribution in [2.45, 2.75) is 31.9 Å². The minimum atomic E-state index is -1.69. The van der Waals surface area contributed by atoms with Crippen molar-refractivity contribution >= 4 is 104 Å². The molecule has 4 nitrogen and oxygen atoms in total. The van der Waals surface area contributed by atoms with Gasteiger partial charge in [-0.2, -0.15) is 0 Å². The van der Waals surface area contributed by atoms with Crippen LogP contribution in [-0.2, 0) is 10.5 Å². The zero-order valence-corrected chi connectivity index (χ0v) is 25.6. The first kappa shape index (κ1) is 31.2. The van der Waals surface area contributed by atoms with Gasteiger partial charge in [-0.1, -0.05) is 22.8 Å². The first-order valence-electron chi connectivity index (χ1n) is 13.3. The van der Waals surface area contributed by atoms with Crippen molar-refractivity contribution in [3.8, 4) is 0 Å². The molecule has 2 aromatic rings. The summed E-state index contributed by atoms with van der Waals surface area (Å²) in [5.41, 5.74) is 0.572. The molecule has 1 aromatic heterocycles. The molecule has 0 spiro atoms. The van der Waals surface area contributed by atoms with Gasteiger partial charge in [0.2, 0.25) is 0 Å². The molecule has 188 valence electrons. The number of benzene rings is 1. The summed E-state index contributed by atoms with van der Waals surface area (Å²) in [6.07, 6.45) is 1.90. The Morgan fingerprint density at radius 1 is 1.05 bits per heavy atom. The van der Waals surface area contributed by atoms with E-state index in [1.165, 1.54) is 18.2 Å². The van der Waals surface area contributed by atoms with Gasteiger partial charge in [-0.05, 0) is 50.9 Å². The average Bonchev–Trinajstić information content (AvgIpc) is 2.80. The van der Waals surface area contributed by atoms with Gasteiger partial charge in [0.25, 0.3) is 5.91 Å². The average molecular weight is 524 g/mol. The van der Waals surface area contributed by atoms with Gasteiger partial charge in [0.15, 0.2) is 0 Å². The Balaban J connectivity index is 1.92. The zero-order valence-electron chi connectivity index (χ0n) is 24.8. The van der Waals surface area contributed by atoms with Crippen LogP contribution in [0.3, 0.4) is 0 Å². The number of nitrogens with one attached hydrogen (secondary N) is 1. The minimum absolute atomic E-state index is 0.00359. The fourth-order valence-electron chi connectivity index (χ4n) is 5.60. The zero-order chi connectivity index (χ0) is 29.1. The lowest BCUT2D eigenvalue weighted by atomic mass is 9.21. The van der Waals surface area contributed by atoms with Gasteiger partial charge in [-0.3, -0.25) is 9.78 Å². The number of likely N-dealkylation sites (tertiary alicyclic amines) is 1. The second kappa shape index (κ2) is 9.94. The molecule has 0 radical (unpaired) electrons. The van der Waals surface area contributed by atoms with E-state index in [-0.39, 0.29) is 34.7 Å². The molecule has 1 saturated heterocycles. The fraction of sp³-hybridized carbons (Fsp3) is 0.400. The summed E-state index contributed by atoms with van der Waals surface area (Å²) in [6.45, 7) is 0.269. The monoisotopic (exact) mass is 525 g/mol. The molecule has 38 heavy (non-hydrogen) atoms. The molecule has 1 aromatic carbocycles. The predicted molar refractivity (Wildman–Crippen MR) is 184 cm³/mol. The number of hydrogen-bond acceptors (Lipinski definition) is 3. The van der Waals surface area contributed by atoms with E-state index in [1.807, 2.05) is 75.0 Å². The molecule has 18 heteroatoms. The van der Waals surface area contributed by atoms with Gasteiger partial charge in [0.05, 0.1) is 28.6 Å². The Morgan fingerprint density at radius 3 is 2.16 bits per heavy atom. The molecule has 0 saturated carbocycles. The molecule has 2 heterocycles. The highest BCUT2D eigenvalue weighted by atomic mass is 35.5. The predicted octanol–water partition coefficient (Wildman–Crippen LogP) is -7.60. The molecule has 1 unspecified atom stereocenters. The normalized spacial score (nSPS) is 22.6. The number of hydrogen-bond donors (Lipinski definition) is 1. The highest BCUT2D eigenvalue weighted by Gasteiger charge is 2.66. The van der Waals surface area contributed by atoms with Gasteiger partial charge in [0.1, 0.15) is 74.3 Å². The van der Waals surface area contributed by atoms with Crippen molar-refractivity contribution in [3.05, 3.63) is 64.2 Å². The summed E-state index contributed by atoms with van der Waals surface area (Å²) < 4.78 is 31.3. The van der Waals surface area contributed by atoms with E-state index < -0.39 is 32.6 Å². The van der Waals surface area contributed by atoms with E-state index in [0.717, 1.165) is 11.3 Å². The summed E-state index contributed by atoms with van der Waals surface area (Å²) >= 11 is 5.97. The van der Waals surface area contributed by atoms with E-state index >= 15 is 4.39 Å². The third kappa shape index (κ3) is 5.23. The van der Waals surface area contributed by atoms with Crippen molar-refractivity contribution in [2.24, 2.45) is 0 Å². The SMILES string of the molecule is BC(B)(B)c1ccc(C(B)(B)NCC2(F)C(B)(B)CN(C(=O)c3ccc(F)c(Cl)c3)C(B)(B)C2(B)B)nc1. The molecular formula is C20H33B11ClF2N3O. The second-order valence-corrected chi connectivity index (χ2v) is 14.5.